The Labute approximate surface area is 237 Å². The zero-order valence-electron chi connectivity index (χ0n) is 23.9. The van der Waals surface area contributed by atoms with Gasteiger partial charge in [0, 0.05) is 44.0 Å². The molecule has 0 unspecified atom stereocenters. The topological polar surface area (TPSA) is 97.0 Å². The number of nitrogens with zero attached hydrogens (tertiary/aromatic N) is 3. The van der Waals surface area contributed by atoms with E-state index in [9.17, 15) is 14.4 Å². The van der Waals surface area contributed by atoms with Gasteiger partial charge in [0.15, 0.2) is 0 Å². The monoisotopic (exact) mass is 546 g/mol. The Kier molecular flexibility index (Phi) is 8.42. The van der Waals surface area contributed by atoms with Gasteiger partial charge in [0.05, 0.1) is 5.41 Å². The molecule has 3 heterocycles. The van der Waals surface area contributed by atoms with Crippen LogP contribution in [0.15, 0.2) is 54.6 Å². The lowest BCUT2D eigenvalue weighted by Crippen LogP contribution is -2.55. The van der Waals surface area contributed by atoms with Crippen molar-refractivity contribution in [2.45, 2.75) is 69.5 Å². The van der Waals surface area contributed by atoms with Crippen LogP contribution in [0, 0.1) is 0 Å². The van der Waals surface area contributed by atoms with Gasteiger partial charge < -0.3 is 20.0 Å². The fourth-order valence-electron chi connectivity index (χ4n) is 6.39. The number of nitrogens with one attached hydrogen (secondary N) is 3. The second kappa shape index (κ2) is 12.0. The number of benzene rings is 2. The largest absolute Gasteiger partial charge is 0.341 e. The highest BCUT2D eigenvalue weighted by atomic mass is 16.2. The summed E-state index contributed by atoms with van der Waals surface area (Å²) < 4.78 is 0. The Morgan fingerprint density at radius 2 is 1.62 bits per heavy atom. The molecule has 0 aliphatic carbocycles. The SMILES string of the molecule is CNN[C@H]1CCN(C(=O)N[C@@H](CCc2ccccc2)C(=O)N2CCC(N3C(=O)C(C)(C)c4ccccc43)CC2)C1. The number of carbonyl (C=O) groups is 3. The van der Waals surface area contributed by atoms with Gasteiger partial charge in [-0.2, -0.15) is 0 Å². The van der Waals surface area contributed by atoms with E-state index < -0.39 is 11.5 Å². The van der Waals surface area contributed by atoms with E-state index in [1.54, 1.807) is 4.90 Å². The highest BCUT2D eigenvalue weighted by molar-refractivity contribution is 6.08. The number of carbonyl (C=O) groups excluding carboxylic acids is 3. The number of para-hydroxylation sites is 1. The van der Waals surface area contributed by atoms with Crippen molar-refractivity contribution in [2.24, 2.45) is 0 Å². The van der Waals surface area contributed by atoms with Crippen LogP contribution in [-0.2, 0) is 21.4 Å². The Morgan fingerprint density at radius 1 is 0.950 bits per heavy atom. The number of anilines is 1. The van der Waals surface area contributed by atoms with Gasteiger partial charge in [0.25, 0.3) is 0 Å². The molecule has 0 aromatic heterocycles. The molecule has 4 amide bonds. The average molecular weight is 547 g/mol. The number of fused-ring (bicyclic) bond motifs is 1. The molecule has 2 saturated heterocycles. The number of amides is 4. The van der Waals surface area contributed by atoms with E-state index >= 15 is 0 Å². The second-order valence-electron chi connectivity index (χ2n) is 11.7. The van der Waals surface area contributed by atoms with Crippen LogP contribution in [0.1, 0.15) is 50.7 Å². The van der Waals surface area contributed by atoms with Crippen molar-refractivity contribution in [2.75, 3.05) is 38.1 Å². The molecule has 5 rings (SSSR count). The lowest BCUT2D eigenvalue weighted by Gasteiger charge is -2.39. The minimum Gasteiger partial charge on any atom is -0.341 e. The van der Waals surface area contributed by atoms with Crippen LogP contribution >= 0.6 is 0 Å². The molecular weight excluding hydrogens is 504 g/mol. The molecule has 40 heavy (non-hydrogen) atoms. The first-order chi connectivity index (χ1) is 19.3. The van der Waals surface area contributed by atoms with Crippen molar-refractivity contribution in [3.63, 3.8) is 0 Å². The number of urea groups is 1. The van der Waals surface area contributed by atoms with Gasteiger partial charge >= 0.3 is 6.03 Å². The lowest BCUT2D eigenvalue weighted by atomic mass is 9.86. The van der Waals surface area contributed by atoms with E-state index in [0.29, 0.717) is 51.9 Å². The van der Waals surface area contributed by atoms with Gasteiger partial charge in [-0.3, -0.25) is 20.4 Å². The van der Waals surface area contributed by atoms with Gasteiger partial charge in [-0.15, -0.1) is 0 Å². The minimum absolute atomic E-state index is 0.0414. The summed E-state index contributed by atoms with van der Waals surface area (Å²) in [6.07, 6.45) is 3.52. The van der Waals surface area contributed by atoms with Crippen molar-refractivity contribution in [3.8, 4) is 0 Å². The summed E-state index contributed by atoms with van der Waals surface area (Å²) in [7, 11) is 1.82. The molecule has 214 valence electrons. The Morgan fingerprint density at radius 3 is 2.35 bits per heavy atom. The Bertz CT molecular complexity index is 1210. The molecule has 0 spiro atoms. The lowest BCUT2D eigenvalue weighted by molar-refractivity contribution is -0.134. The molecule has 3 N–H and O–H groups in total. The minimum atomic E-state index is -0.603. The first-order valence-electron chi connectivity index (χ1n) is 14.5. The summed E-state index contributed by atoms with van der Waals surface area (Å²) in [5.74, 6) is 0.0865. The number of rotatable bonds is 8. The quantitative estimate of drug-likeness (QED) is 0.443. The van der Waals surface area contributed by atoms with Crippen LogP contribution in [0.3, 0.4) is 0 Å². The van der Waals surface area contributed by atoms with E-state index in [4.69, 9.17) is 0 Å². The first kappa shape index (κ1) is 28.1. The second-order valence-corrected chi connectivity index (χ2v) is 11.7. The summed E-state index contributed by atoms with van der Waals surface area (Å²) in [5.41, 5.74) is 8.77. The maximum absolute atomic E-state index is 13.8. The third kappa shape index (κ3) is 5.71. The normalized spacial score (nSPS) is 21.4. The summed E-state index contributed by atoms with van der Waals surface area (Å²) in [4.78, 5) is 46.1. The molecule has 2 atom stereocenters. The summed E-state index contributed by atoms with van der Waals surface area (Å²) in [6, 6.07) is 17.6. The third-order valence-corrected chi connectivity index (χ3v) is 8.72. The molecule has 0 saturated carbocycles. The summed E-state index contributed by atoms with van der Waals surface area (Å²) >= 11 is 0. The predicted molar refractivity (Wildman–Crippen MR) is 156 cm³/mol. The highest BCUT2D eigenvalue weighted by Crippen LogP contribution is 2.43. The van der Waals surface area contributed by atoms with Crippen LogP contribution in [0.2, 0.25) is 0 Å². The number of hydrazine groups is 1. The van der Waals surface area contributed by atoms with Crippen molar-refractivity contribution < 1.29 is 14.4 Å². The average Bonchev–Trinajstić information content (AvgIpc) is 3.52. The van der Waals surface area contributed by atoms with Crippen LogP contribution < -0.4 is 21.1 Å². The highest BCUT2D eigenvalue weighted by Gasteiger charge is 2.47. The third-order valence-electron chi connectivity index (χ3n) is 8.72. The van der Waals surface area contributed by atoms with Crippen molar-refractivity contribution >= 4 is 23.5 Å². The van der Waals surface area contributed by atoms with E-state index in [-0.39, 0.29) is 29.9 Å². The molecule has 2 aromatic carbocycles. The zero-order chi connectivity index (χ0) is 28.3. The standard InChI is InChI=1S/C31H42N6O3/c1-31(2)25-11-7-8-12-27(25)37(29(31)39)24-16-19-35(20-17-24)28(38)26(14-13-22-9-5-4-6-10-22)33-30(40)36-18-15-23(21-36)34-32-3/h4-12,23-24,26,32,34H,13-21H2,1-3H3,(H,33,40)/t23-,26-/m0/s1. The van der Waals surface area contributed by atoms with Crippen molar-refractivity contribution in [1.29, 1.82) is 0 Å². The zero-order valence-corrected chi connectivity index (χ0v) is 23.9. The van der Waals surface area contributed by atoms with Gasteiger partial charge in [-0.1, -0.05) is 48.5 Å². The maximum atomic E-state index is 13.8. The molecule has 3 aliphatic heterocycles. The van der Waals surface area contributed by atoms with Gasteiger partial charge in [-0.25, -0.2) is 4.79 Å². The van der Waals surface area contributed by atoms with Crippen LogP contribution in [0.25, 0.3) is 0 Å². The number of piperidine rings is 1. The summed E-state index contributed by atoms with van der Waals surface area (Å²) in [6.45, 7) is 6.35. The van der Waals surface area contributed by atoms with E-state index in [1.807, 2.05) is 73.2 Å². The smallest absolute Gasteiger partial charge is 0.318 e. The van der Waals surface area contributed by atoms with Crippen LogP contribution in [0.4, 0.5) is 10.5 Å². The van der Waals surface area contributed by atoms with E-state index in [1.165, 1.54) is 0 Å². The Balaban J connectivity index is 1.24. The van der Waals surface area contributed by atoms with E-state index in [2.05, 4.69) is 28.3 Å². The van der Waals surface area contributed by atoms with Crippen LogP contribution in [0.5, 0.6) is 0 Å². The maximum Gasteiger partial charge on any atom is 0.318 e. The van der Waals surface area contributed by atoms with Crippen molar-refractivity contribution in [3.05, 3.63) is 65.7 Å². The number of likely N-dealkylation sites (tertiary alicyclic amines) is 2. The number of hydrogen-bond donors (Lipinski definition) is 3. The van der Waals surface area contributed by atoms with Gasteiger partial charge in [0.2, 0.25) is 11.8 Å². The number of hydrogen-bond acceptors (Lipinski definition) is 5. The fourth-order valence-corrected chi connectivity index (χ4v) is 6.39. The summed E-state index contributed by atoms with van der Waals surface area (Å²) in [5, 5.41) is 3.07. The number of aryl methyl sites for hydroxylation is 1. The predicted octanol–water partition coefficient (Wildman–Crippen LogP) is 2.81. The van der Waals surface area contributed by atoms with Gasteiger partial charge in [0.1, 0.15) is 6.04 Å². The van der Waals surface area contributed by atoms with E-state index in [0.717, 1.165) is 23.2 Å². The molecular formula is C31H42N6O3. The van der Waals surface area contributed by atoms with Crippen molar-refractivity contribution in [1.82, 2.24) is 26.0 Å². The first-order valence-corrected chi connectivity index (χ1v) is 14.5. The van der Waals surface area contributed by atoms with Crippen LogP contribution in [-0.4, -0.2) is 79.0 Å². The molecule has 9 heteroatoms. The molecule has 9 nitrogen and oxygen atoms in total. The molecule has 3 aliphatic rings. The molecule has 0 bridgehead atoms. The fraction of sp³-hybridized carbons (Fsp3) is 0.516. The molecule has 0 radical (unpaired) electrons. The Hall–Kier alpha value is -3.43. The van der Waals surface area contributed by atoms with Gasteiger partial charge in [-0.05, 0) is 70.2 Å². The molecule has 2 fully saturated rings. The molecule has 2 aromatic rings.